The van der Waals surface area contributed by atoms with Crippen molar-refractivity contribution in [2.45, 2.75) is 27.0 Å². The molecule has 3 aromatic rings. The average Bonchev–Trinajstić information content (AvgIpc) is 3.04. The van der Waals surface area contributed by atoms with Gasteiger partial charge in [0, 0.05) is 19.2 Å². The Labute approximate surface area is 168 Å². The summed E-state index contributed by atoms with van der Waals surface area (Å²) in [6.07, 6.45) is 0. The largest absolute Gasteiger partial charge is 0.493 e. The Hall–Kier alpha value is -3.35. The number of ether oxygens (including phenoxy) is 2. The second kappa shape index (κ2) is 8.77. The minimum absolute atomic E-state index is 0.176. The molecule has 3 rings (SSSR count). The van der Waals surface area contributed by atoms with E-state index in [1.165, 1.54) is 19.2 Å². The van der Waals surface area contributed by atoms with E-state index >= 15 is 0 Å². The molecule has 0 aliphatic carbocycles. The lowest BCUT2D eigenvalue weighted by molar-refractivity contribution is 0.0784. The Morgan fingerprint density at radius 2 is 1.86 bits per heavy atom. The standard InChI is InChI=1S/C22H23FN2O4/c1-14-19(15(2)29-24-14)13-28-20-10-7-17(11-21(20)27-4)22(26)25(3)12-16-5-8-18(23)9-6-16/h5-11H,12-13H2,1-4H3. The first-order chi connectivity index (χ1) is 13.9. The number of benzene rings is 2. The molecule has 0 radical (unpaired) electrons. The van der Waals surface area contributed by atoms with Crippen molar-refractivity contribution in [1.29, 1.82) is 0 Å². The predicted octanol–water partition coefficient (Wildman–Crippen LogP) is 4.29. The van der Waals surface area contributed by atoms with Gasteiger partial charge < -0.3 is 18.9 Å². The first-order valence-corrected chi connectivity index (χ1v) is 9.11. The number of nitrogens with zero attached hydrogens (tertiary/aromatic N) is 2. The third-order valence-corrected chi connectivity index (χ3v) is 4.64. The van der Waals surface area contributed by atoms with E-state index in [1.54, 1.807) is 42.3 Å². The molecular weight excluding hydrogens is 375 g/mol. The van der Waals surface area contributed by atoms with Gasteiger partial charge in [-0.2, -0.15) is 0 Å². The zero-order valence-corrected chi connectivity index (χ0v) is 16.9. The van der Waals surface area contributed by atoms with Crippen LogP contribution in [-0.2, 0) is 13.2 Å². The molecule has 0 spiro atoms. The number of aromatic nitrogens is 1. The molecule has 0 aliphatic heterocycles. The molecular formula is C22H23FN2O4. The molecule has 1 amide bonds. The van der Waals surface area contributed by atoms with Crippen molar-refractivity contribution < 1.29 is 23.2 Å². The third-order valence-electron chi connectivity index (χ3n) is 4.64. The van der Waals surface area contributed by atoms with E-state index in [9.17, 15) is 9.18 Å². The van der Waals surface area contributed by atoms with Crippen LogP contribution in [0.4, 0.5) is 4.39 Å². The number of carbonyl (C=O) groups excluding carboxylic acids is 1. The monoisotopic (exact) mass is 398 g/mol. The minimum atomic E-state index is -0.306. The van der Waals surface area contributed by atoms with Crippen LogP contribution in [0.1, 0.15) is 32.9 Å². The highest BCUT2D eigenvalue weighted by Crippen LogP contribution is 2.30. The first kappa shape index (κ1) is 20.4. The summed E-state index contributed by atoms with van der Waals surface area (Å²) in [4.78, 5) is 14.3. The zero-order chi connectivity index (χ0) is 21.0. The predicted molar refractivity (Wildman–Crippen MR) is 106 cm³/mol. The summed E-state index contributed by atoms with van der Waals surface area (Å²) in [7, 11) is 3.22. The fourth-order valence-electron chi connectivity index (χ4n) is 2.93. The van der Waals surface area contributed by atoms with Crippen LogP contribution in [0.2, 0.25) is 0 Å². The fraction of sp³-hybridized carbons (Fsp3) is 0.273. The number of amides is 1. The number of methoxy groups -OCH3 is 1. The van der Waals surface area contributed by atoms with Crippen molar-refractivity contribution in [3.05, 3.63) is 76.4 Å². The molecule has 0 unspecified atom stereocenters. The molecule has 1 heterocycles. The highest BCUT2D eigenvalue weighted by Gasteiger charge is 2.17. The van der Waals surface area contributed by atoms with Crippen LogP contribution >= 0.6 is 0 Å². The lowest BCUT2D eigenvalue weighted by Gasteiger charge is -2.18. The molecule has 0 saturated carbocycles. The topological polar surface area (TPSA) is 64.8 Å². The maximum absolute atomic E-state index is 13.1. The van der Waals surface area contributed by atoms with Crippen molar-refractivity contribution in [2.24, 2.45) is 0 Å². The number of halogens is 1. The molecule has 6 nitrogen and oxygen atoms in total. The molecule has 152 valence electrons. The van der Waals surface area contributed by atoms with Crippen LogP contribution in [0, 0.1) is 19.7 Å². The first-order valence-electron chi connectivity index (χ1n) is 9.11. The van der Waals surface area contributed by atoms with Crippen LogP contribution in [0.25, 0.3) is 0 Å². The maximum Gasteiger partial charge on any atom is 0.254 e. The number of rotatable bonds is 7. The highest BCUT2D eigenvalue weighted by atomic mass is 19.1. The lowest BCUT2D eigenvalue weighted by atomic mass is 10.1. The number of hydrogen-bond donors (Lipinski definition) is 0. The summed E-state index contributed by atoms with van der Waals surface area (Å²) >= 11 is 0. The zero-order valence-electron chi connectivity index (χ0n) is 16.9. The van der Waals surface area contributed by atoms with Gasteiger partial charge in [0.25, 0.3) is 5.91 Å². The van der Waals surface area contributed by atoms with E-state index in [0.29, 0.717) is 29.4 Å². The van der Waals surface area contributed by atoms with Crippen LogP contribution in [0.5, 0.6) is 11.5 Å². The van der Waals surface area contributed by atoms with Crippen LogP contribution < -0.4 is 9.47 Å². The van der Waals surface area contributed by atoms with Gasteiger partial charge in [0.2, 0.25) is 0 Å². The van der Waals surface area contributed by atoms with E-state index in [0.717, 1.165) is 16.8 Å². The highest BCUT2D eigenvalue weighted by molar-refractivity contribution is 5.94. The fourth-order valence-corrected chi connectivity index (χ4v) is 2.93. The summed E-state index contributed by atoms with van der Waals surface area (Å²) in [6.45, 7) is 4.33. The Balaban J connectivity index is 1.71. The van der Waals surface area contributed by atoms with Crippen molar-refractivity contribution >= 4 is 5.91 Å². The van der Waals surface area contributed by atoms with E-state index in [4.69, 9.17) is 14.0 Å². The summed E-state index contributed by atoms with van der Waals surface area (Å²) in [5.74, 6) is 1.20. The Bertz CT molecular complexity index is 979. The van der Waals surface area contributed by atoms with E-state index < -0.39 is 0 Å². The molecule has 0 aliphatic rings. The smallest absolute Gasteiger partial charge is 0.254 e. The molecule has 7 heteroatoms. The van der Waals surface area contributed by atoms with Gasteiger partial charge in [0.1, 0.15) is 18.2 Å². The molecule has 2 aromatic carbocycles. The number of carbonyl (C=O) groups is 1. The van der Waals surface area contributed by atoms with Crippen LogP contribution in [-0.4, -0.2) is 30.1 Å². The normalized spacial score (nSPS) is 10.7. The average molecular weight is 398 g/mol. The molecule has 29 heavy (non-hydrogen) atoms. The Morgan fingerprint density at radius 3 is 2.48 bits per heavy atom. The molecule has 0 saturated heterocycles. The second-order valence-electron chi connectivity index (χ2n) is 6.74. The van der Waals surface area contributed by atoms with Crippen LogP contribution in [0.15, 0.2) is 47.0 Å². The Kier molecular flexibility index (Phi) is 6.16. The lowest BCUT2D eigenvalue weighted by Crippen LogP contribution is -2.26. The quantitative estimate of drug-likeness (QED) is 0.594. The van der Waals surface area contributed by atoms with E-state index in [-0.39, 0.29) is 18.3 Å². The van der Waals surface area contributed by atoms with E-state index in [2.05, 4.69) is 5.16 Å². The summed E-state index contributed by atoms with van der Waals surface area (Å²) in [5, 5.41) is 3.91. The second-order valence-corrected chi connectivity index (χ2v) is 6.74. The molecule has 0 N–H and O–H groups in total. The van der Waals surface area contributed by atoms with Gasteiger partial charge >= 0.3 is 0 Å². The summed E-state index contributed by atoms with van der Waals surface area (Å²) < 4.78 is 29.4. The minimum Gasteiger partial charge on any atom is -0.493 e. The van der Waals surface area contributed by atoms with Gasteiger partial charge in [-0.25, -0.2) is 4.39 Å². The molecule has 1 aromatic heterocycles. The van der Waals surface area contributed by atoms with E-state index in [1.807, 2.05) is 13.8 Å². The van der Waals surface area contributed by atoms with Crippen molar-refractivity contribution in [2.75, 3.05) is 14.2 Å². The van der Waals surface area contributed by atoms with Crippen molar-refractivity contribution in [3.8, 4) is 11.5 Å². The van der Waals surface area contributed by atoms with Gasteiger partial charge in [-0.3, -0.25) is 4.79 Å². The molecule has 0 atom stereocenters. The van der Waals surface area contributed by atoms with Gasteiger partial charge in [-0.05, 0) is 49.7 Å². The maximum atomic E-state index is 13.1. The van der Waals surface area contributed by atoms with Crippen molar-refractivity contribution in [1.82, 2.24) is 10.1 Å². The van der Waals surface area contributed by atoms with Crippen molar-refractivity contribution in [3.63, 3.8) is 0 Å². The summed E-state index contributed by atoms with van der Waals surface area (Å²) in [6, 6.07) is 11.1. The van der Waals surface area contributed by atoms with Gasteiger partial charge in [0.05, 0.1) is 18.4 Å². The number of hydrogen-bond acceptors (Lipinski definition) is 5. The van der Waals surface area contributed by atoms with Gasteiger partial charge in [-0.1, -0.05) is 17.3 Å². The molecule has 0 bridgehead atoms. The van der Waals surface area contributed by atoms with Gasteiger partial charge in [0.15, 0.2) is 11.5 Å². The SMILES string of the molecule is COc1cc(C(=O)N(C)Cc2ccc(F)cc2)ccc1OCc1c(C)noc1C. The third kappa shape index (κ3) is 4.74. The number of aryl methyl sites for hydroxylation is 2. The van der Waals surface area contributed by atoms with Crippen LogP contribution in [0.3, 0.4) is 0 Å². The molecule has 0 fully saturated rings. The van der Waals surface area contributed by atoms with Gasteiger partial charge in [-0.15, -0.1) is 0 Å². The summed E-state index contributed by atoms with van der Waals surface area (Å²) in [5.41, 5.74) is 2.96. The Morgan fingerprint density at radius 1 is 1.14 bits per heavy atom.